The van der Waals surface area contributed by atoms with E-state index >= 15 is 0 Å². The number of rotatable bonds is 3. The Hall–Kier alpha value is -1.07. The zero-order chi connectivity index (χ0) is 16.6. The quantitative estimate of drug-likeness (QED) is 0.572. The van der Waals surface area contributed by atoms with E-state index in [-0.39, 0.29) is 6.04 Å². The summed E-state index contributed by atoms with van der Waals surface area (Å²) in [5.74, 6) is 0. The molecule has 2 aromatic carbocycles. The van der Waals surface area contributed by atoms with Crippen molar-refractivity contribution < 1.29 is 4.79 Å². The number of halogens is 4. The summed E-state index contributed by atoms with van der Waals surface area (Å²) >= 11 is 21.3. The first kappa shape index (κ1) is 16.8. The van der Waals surface area contributed by atoms with Crippen molar-refractivity contribution in [3.05, 3.63) is 62.5 Å². The highest BCUT2D eigenvalue weighted by Gasteiger charge is 2.32. The Morgan fingerprint density at radius 1 is 1.17 bits per heavy atom. The minimum absolute atomic E-state index is 0.153. The van der Waals surface area contributed by atoms with E-state index in [2.05, 4.69) is 21.0 Å². The van der Waals surface area contributed by atoms with Crippen LogP contribution in [-0.4, -0.2) is 11.0 Å². The van der Waals surface area contributed by atoms with Gasteiger partial charge in [-0.1, -0.05) is 51.3 Å². The Labute approximate surface area is 157 Å². The van der Waals surface area contributed by atoms with E-state index in [1.807, 2.05) is 24.3 Å². The predicted octanol–water partition coefficient (Wildman–Crippen LogP) is 5.83. The molecule has 3 rings (SSSR count). The van der Waals surface area contributed by atoms with E-state index in [1.54, 1.807) is 23.2 Å². The third-order valence-corrected chi connectivity index (χ3v) is 4.83. The highest BCUT2D eigenvalue weighted by Crippen LogP contribution is 2.40. The summed E-state index contributed by atoms with van der Waals surface area (Å²) in [5.41, 5.74) is 2.00. The number of carbonyl (C=O) groups excluding carboxylic acids is 1. The van der Waals surface area contributed by atoms with Gasteiger partial charge in [0.25, 0.3) is 5.24 Å². The Kier molecular flexibility index (Phi) is 4.97. The minimum atomic E-state index is -0.556. The average Bonchev–Trinajstić information content (AvgIpc) is 2.93. The number of carbonyl (C=O) groups is 1. The third-order valence-electron chi connectivity index (χ3n) is 3.55. The molecule has 0 saturated carbocycles. The molecule has 0 N–H and O–H groups in total. The molecule has 1 aliphatic rings. The van der Waals surface area contributed by atoms with E-state index in [1.165, 1.54) is 0 Å². The molecule has 0 bridgehead atoms. The standard InChI is InChI=1S/C16H10BrCl3N2O/c17-10-3-1-9(2-4-10)15-8-13(16(20)23)21-22(15)14-6-5-11(18)7-12(14)19/h1-7,15H,8H2. The van der Waals surface area contributed by atoms with Gasteiger partial charge in [-0.05, 0) is 47.5 Å². The topological polar surface area (TPSA) is 32.7 Å². The molecule has 0 aliphatic carbocycles. The normalized spacial score (nSPS) is 17.3. The van der Waals surface area contributed by atoms with E-state index < -0.39 is 5.24 Å². The van der Waals surface area contributed by atoms with Crippen LogP contribution in [0.2, 0.25) is 10.0 Å². The van der Waals surface area contributed by atoms with Crippen LogP contribution in [0.5, 0.6) is 0 Å². The molecule has 1 unspecified atom stereocenters. The monoisotopic (exact) mass is 430 g/mol. The molecule has 2 aromatic rings. The van der Waals surface area contributed by atoms with Gasteiger partial charge < -0.3 is 0 Å². The number of nitrogens with zero attached hydrogens (tertiary/aromatic N) is 2. The lowest BCUT2D eigenvalue weighted by Gasteiger charge is -2.25. The lowest BCUT2D eigenvalue weighted by Crippen LogP contribution is -2.18. The first-order valence-electron chi connectivity index (χ1n) is 6.73. The van der Waals surface area contributed by atoms with Gasteiger partial charge in [-0.15, -0.1) is 0 Å². The summed E-state index contributed by atoms with van der Waals surface area (Å²) in [5, 5.41) is 6.52. The molecule has 1 heterocycles. The van der Waals surface area contributed by atoms with Crippen molar-refractivity contribution in [1.29, 1.82) is 0 Å². The Morgan fingerprint density at radius 2 is 1.87 bits per heavy atom. The number of anilines is 1. The minimum Gasteiger partial charge on any atom is -0.274 e. The Balaban J connectivity index is 2.04. The van der Waals surface area contributed by atoms with Crippen molar-refractivity contribution in [3.8, 4) is 0 Å². The molecule has 1 aliphatic heterocycles. The number of benzene rings is 2. The average molecular weight is 433 g/mol. The molecular formula is C16H10BrCl3N2O. The summed E-state index contributed by atoms with van der Waals surface area (Å²) in [6, 6.07) is 12.8. The molecule has 0 saturated heterocycles. The summed E-state index contributed by atoms with van der Waals surface area (Å²) in [4.78, 5) is 11.5. The van der Waals surface area contributed by atoms with Gasteiger partial charge in [0, 0.05) is 15.9 Å². The maximum Gasteiger partial charge on any atom is 0.268 e. The third kappa shape index (κ3) is 3.56. The van der Waals surface area contributed by atoms with Crippen molar-refractivity contribution in [3.63, 3.8) is 0 Å². The molecule has 23 heavy (non-hydrogen) atoms. The van der Waals surface area contributed by atoms with E-state index in [4.69, 9.17) is 34.8 Å². The zero-order valence-corrected chi connectivity index (χ0v) is 15.5. The number of hydrogen-bond donors (Lipinski definition) is 0. The van der Waals surface area contributed by atoms with Gasteiger partial charge in [-0.25, -0.2) is 0 Å². The molecule has 0 amide bonds. The van der Waals surface area contributed by atoms with Crippen molar-refractivity contribution in [2.45, 2.75) is 12.5 Å². The molecular weight excluding hydrogens is 422 g/mol. The van der Waals surface area contributed by atoms with Crippen LogP contribution in [0.3, 0.4) is 0 Å². The molecule has 0 radical (unpaired) electrons. The van der Waals surface area contributed by atoms with Gasteiger partial charge >= 0.3 is 0 Å². The second kappa shape index (κ2) is 6.81. The maximum absolute atomic E-state index is 11.5. The second-order valence-electron chi connectivity index (χ2n) is 5.03. The Morgan fingerprint density at radius 3 is 2.48 bits per heavy atom. The molecule has 0 fully saturated rings. The van der Waals surface area contributed by atoms with Crippen molar-refractivity contribution in [2.75, 3.05) is 5.01 Å². The van der Waals surface area contributed by atoms with Crippen molar-refractivity contribution in [1.82, 2.24) is 0 Å². The first-order chi connectivity index (χ1) is 11.0. The summed E-state index contributed by atoms with van der Waals surface area (Å²) in [6.07, 6.45) is 0.420. The van der Waals surface area contributed by atoms with Crippen LogP contribution in [0.4, 0.5) is 5.69 Å². The molecule has 0 aromatic heterocycles. The largest absolute Gasteiger partial charge is 0.274 e. The van der Waals surface area contributed by atoms with Crippen LogP contribution in [0.25, 0.3) is 0 Å². The van der Waals surface area contributed by atoms with E-state index in [0.29, 0.717) is 27.9 Å². The van der Waals surface area contributed by atoms with E-state index in [9.17, 15) is 4.79 Å². The fourth-order valence-corrected chi connectivity index (χ4v) is 3.34. The van der Waals surface area contributed by atoms with Gasteiger partial charge in [-0.2, -0.15) is 5.10 Å². The van der Waals surface area contributed by atoms with Crippen LogP contribution in [0.15, 0.2) is 52.0 Å². The van der Waals surface area contributed by atoms with Crippen LogP contribution in [-0.2, 0) is 4.79 Å². The fraction of sp³-hybridized carbons (Fsp3) is 0.125. The highest BCUT2D eigenvalue weighted by atomic mass is 79.9. The van der Waals surface area contributed by atoms with Crippen LogP contribution < -0.4 is 5.01 Å². The molecule has 7 heteroatoms. The van der Waals surface area contributed by atoms with Crippen LogP contribution in [0.1, 0.15) is 18.0 Å². The van der Waals surface area contributed by atoms with Gasteiger partial charge in [0.1, 0.15) is 5.71 Å². The van der Waals surface area contributed by atoms with Crippen molar-refractivity contribution in [2.24, 2.45) is 5.10 Å². The predicted molar refractivity (Wildman–Crippen MR) is 98.7 cm³/mol. The molecule has 118 valence electrons. The first-order valence-corrected chi connectivity index (χ1v) is 8.65. The van der Waals surface area contributed by atoms with Crippen LogP contribution >= 0.6 is 50.7 Å². The fourth-order valence-electron chi connectivity index (χ4n) is 2.46. The van der Waals surface area contributed by atoms with Gasteiger partial charge in [0.15, 0.2) is 0 Å². The molecule has 1 atom stereocenters. The van der Waals surface area contributed by atoms with Crippen LogP contribution in [0, 0.1) is 0 Å². The van der Waals surface area contributed by atoms with Gasteiger partial charge in [0.05, 0.1) is 16.8 Å². The van der Waals surface area contributed by atoms with Gasteiger partial charge in [-0.3, -0.25) is 9.80 Å². The lowest BCUT2D eigenvalue weighted by molar-refractivity contribution is -0.106. The second-order valence-corrected chi connectivity index (χ2v) is 7.13. The van der Waals surface area contributed by atoms with Gasteiger partial charge in [0.2, 0.25) is 0 Å². The smallest absolute Gasteiger partial charge is 0.268 e. The summed E-state index contributed by atoms with van der Waals surface area (Å²) in [6.45, 7) is 0. The number of hydrogen-bond acceptors (Lipinski definition) is 3. The lowest BCUT2D eigenvalue weighted by atomic mass is 10.0. The number of hydrazone groups is 1. The highest BCUT2D eigenvalue weighted by molar-refractivity contribution is 9.10. The van der Waals surface area contributed by atoms with E-state index in [0.717, 1.165) is 10.0 Å². The Bertz CT molecular complexity index is 792. The molecule has 0 spiro atoms. The summed E-state index contributed by atoms with van der Waals surface area (Å²) < 4.78 is 0.977. The SMILES string of the molecule is O=C(Cl)C1=NN(c2ccc(Cl)cc2Cl)C(c2ccc(Br)cc2)C1. The van der Waals surface area contributed by atoms with Crippen molar-refractivity contribution >= 4 is 67.4 Å². The summed E-state index contributed by atoms with van der Waals surface area (Å²) in [7, 11) is 0. The molecule has 3 nitrogen and oxygen atoms in total. The zero-order valence-electron chi connectivity index (χ0n) is 11.6. The maximum atomic E-state index is 11.5.